The molecule has 0 bridgehead atoms. The average molecular weight is 479 g/mol. The minimum Gasteiger partial charge on any atom is -0.481 e. The van der Waals surface area contributed by atoms with E-state index in [0.717, 1.165) is 25.7 Å². The van der Waals surface area contributed by atoms with Gasteiger partial charge in [-0.2, -0.15) is 4.31 Å². The average Bonchev–Trinajstić information content (AvgIpc) is 2.96. The first-order valence-electron chi connectivity index (χ1n) is 9.27. The highest BCUT2D eigenvalue weighted by Gasteiger charge is 2.26. The van der Waals surface area contributed by atoms with Gasteiger partial charge in [-0.25, -0.2) is 8.42 Å². The van der Waals surface area contributed by atoms with Gasteiger partial charge in [0.1, 0.15) is 5.25 Å². The molecule has 1 saturated heterocycles. The van der Waals surface area contributed by atoms with Gasteiger partial charge in [-0.15, -0.1) is 11.8 Å². The maximum Gasteiger partial charge on any atom is 0.317 e. The van der Waals surface area contributed by atoms with Gasteiger partial charge in [0.25, 0.3) is 0 Å². The number of carbonyl (C=O) groups excluding carboxylic acids is 1. The van der Waals surface area contributed by atoms with Gasteiger partial charge >= 0.3 is 11.9 Å². The lowest BCUT2D eigenvalue weighted by molar-refractivity contribution is -0.142. The number of nitrogens with zero attached hydrogens (tertiary/aromatic N) is 1. The zero-order chi connectivity index (χ0) is 22.3. The molecule has 1 aliphatic heterocycles. The molecule has 1 aliphatic rings. The van der Waals surface area contributed by atoms with Crippen molar-refractivity contribution in [3.05, 3.63) is 23.2 Å². The normalized spacial score (nSPS) is 16.4. The molecule has 1 aromatic rings. The maximum absolute atomic E-state index is 12.9. The number of anilines is 1. The second-order valence-electron chi connectivity index (χ2n) is 6.74. The summed E-state index contributed by atoms with van der Waals surface area (Å²) in [4.78, 5) is 34.0. The number of hydrogen-bond acceptors (Lipinski definition) is 6. The molecule has 12 heteroatoms. The second-order valence-corrected chi connectivity index (χ2v) is 10.3. The quantitative estimate of drug-likeness (QED) is 0.491. The third-order valence-electron chi connectivity index (χ3n) is 4.47. The Labute approximate surface area is 183 Å². The number of aliphatic carboxylic acids is 2. The summed E-state index contributed by atoms with van der Waals surface area (Å²) in [5, 5.41) is 19.1. The minimum atomic E-state index is -3.74. The van der Waals surface area contributed by atoms with Crippen LogP contribution in [0.1, 0.15) is 32.1 Å². The van der Waals surface area contributed by atoms with Crippen LogP contribution < -0.4 is 5.32 Å². The van der Waals surface area contributed by atoms with Gasteiger partial charge in [0, 0.05) is 13.1 Å². The van der Waals surface area contributed by atoms with Crippen molar-refractivity contribution in [3.63, 3.8) is 0 Å². The molecule has 1 unspecified atom stereocenters. The molecule has 166 valence electrons. The molecule has 0 aromatic heterocycles. The summed E-state index contributed by atoms with van der Waals surface area (Å²) < 4.78 is 27.3. The Kier molecular flexibility index (Phi) is 8.95. The Morgan fingerprint density at radius 3 is 2.33 bits per heavy atom. The van der Waals surface area contributed by atoms with Gasteiger partial charge in [-0.3, -0.25) is 14.4 Å². The number of carbonyl (C=O) groups is 3. The predicted molar refractivity (Wildman–Crippen MR) is 113 cm³/mol. The molecular weight excluding hydrogens is 456 g/mol. The van der Waals surface area contributed by atoms with Crippen molar-refractivity contribution < 1.29 is 33.0 Å². The van der Waals surface area contributed by atoms with Gasteiger partial charge < -0.3 is 15.5 Å². The van der Waals surface area contributed by atoms with Crippen LogP contribution in [-0.2, 0) is 24.4 Å². The Morgan fingerprint density at radius 1 is 1.13 bits per heavy atom. The zero-order valence-electron chi connectivity index (χ0n) is 16.0. The molecule has 0 saturated carbocycles. The summed E-state index contributed by atoms with van der Waals surface area (Å²) >= 11 is 6.75. The highest BCUT2D eigenvalue weighted by Crippen LogP contribution is 2.28. The van der Waals surface area contributed by atoms with Crippen LogP contribution in [0, 0.1) is 0 Å². The van der Waals surface area contributed by atoms with Crippen LogP contribution in [0.25, 0.3) is 0 Å². The largest absolute Gasteiger partial charge is 0.481 e. The van der Waals surface area contributed by atoms with Crippen LogP contribution in [0.2, 0.25) is 5.02 Å². The highest BCUT2D eigenvalue weighted by atomic mass is 35.5. The number of rotatable bonds is 9. The third kappa shape index (κ3) is 6.86. The molecule has 1 heterocycles. The van der Waals surface area contributed by atoms with E-state index >= 15 is 0 Å². The topological polar surface area (TPSA) is 141 Å². The fourth-order valence-electron chi connectivity index (χ4n) is 2.93. The number of carboxylic acid groups (broad SMARTS) is 2. The van der Waals surface area contributed by atoms with Gasteiger partial charge in [0.05, 0.1) is 27.8 Å². The molecule has 0 radical (unpaired) electrons. The summed E-state index contributed by atoms with van der Waals surface area (Å²) in [5.74, 6) is -3.57. The Morgan fingerprint density at radius 2 is 1.77 bits per heavy atom. The van der Waals surface area contributed by atoms with Crippen LogP contribution in [0.3, 0.4) is 0 Å². The molecular formula is C18H23ClN2O7S2. The SMILES string of the molecule is O=C(O)CC(SCC(=O)Nc1cc(S(=O)(=O)N2CCCCCC2)ccc1Cl)C(=O)O. The van der Waals surface area contributed by atoms with E-state index in [9.17, 15) is 22.8 Å². The Hall–Kier alpha value is -1.82. The first kappa shape index (κ1) is 24.4. The lowest BCUT2D eigenvalue weighted by atomic mass is 10.2. The number of carboxylic acids is 2. The van der Waals surface area contributed by atoms with E-state index in [0.29, 0.717) is 24.9 Å². The molecule has 3 N–H and O–H groups in total. The molecule has 2 rings (SSSR count). The molecule has 0 spiro atoms. The number of amides is 1. The summed E-state index contributed by atoms with van der Waals surface area (Å²) in [6.45, 7) is 0.868. The molecule has 1 aromatic carbocycles. The molecule has 30 heavy (non-hydrogen) atoms. The van der Waals surface area contributed by atoms with Gasteiger partial charge in [-0.05, 0) is 31.0 Å². The van der Waals surface area contributed by atoms with Crippen molar-refractivity contribution in [3.8, 4) is 0 Å². The van der Waals surface area contributed by atoms with Gasteiger partial charge in [0.2, 0.25) is 15.9 Å². The maximum atomic E-state index is 12.9. The Bertz CT molecular complexity index is 900. The fraction of sp³-hybridized carbons (Fsp3) is 0.500. The molecule has 1 atom stereocenters. The van der Waals surface area contributed by atoms with E-state index in [2.05, 4.69) is 5.32 Å². The number of halogens is 1. The van der Waals surface area contributed by atoms with E-state index in [-0.39, 0.29) is 21.4 Å². The molecule has 1 amide bonds. The first-order chi connectivity index (χ1) is 14.1. The van der Waals surface area contributed by atoms with E-state index < -0.39 is 39.5 Å². The number of thioether (sulfide) groups is 1. The van der Waals surface area contributed by atoms with Crippen LogP contribution in [0.15, 0.2) is 23.1 Å². The van der Waals surface area contributed by atoms with Gasteiger partial charge in [0.15, 0.2) is 0 Å². The summed E-state index contributed by atoms with van der Waals surface area (Å²) in [7, 11) is -3.74. The highest BCUT2D eigenvalue weighted by molar-refractivity contribution is 8.01. The van der Waals surface area contributed by atoms with E-state index in [1.54, 1.807) is 0 Å². The predicted octanol–water partition coefficient (Wildman–Crippen LogP) is 2.50. The Balaban J connectivity index is 2.10. The smallest absolute Gasteiger partial charge is 0.317 e. The van der Waals surface area contributed by atoms with E-state index in [1.807, 2.05) is 0 Å². The van der Waals surface area contributed by atoms with E-state index in [4.69, 9.17) is 21.8 Å². The van der Waals surface area contributed by atoms with Crippen molar-refractivity contribution in [2.75, 3.05) is 24.2 Å². The summed E-state index contributed by atoms with van der Waals surface area (Å²) in [6, 6.07) is 4.02. The van der Waals surface area contributed by atoms with Crippen molar-refractivity contribution in [2.45, 2.75) is 42.2 Å². The lowest BCUT2D eigenvalue weighted by Crippen LogP contribution is -2.32. The third-order valence-corrected chi connectivity index (χ3v) is 7.89. The fourth-order valence-corrected chi connectivity index (χ4v) is 5.47. The summed E-state index contributed by atoms with van der Waals surface area (Å²) in [6.07, 6.45) is 2.90. The molecule has 1 fully saturated rings. The number of sulfonamides is 1. The second kappa shape index (κ2) is 11.0. The first-order valence-corrected chi connectivity index (χ1v) is 12.1. The van der Waals surface area contributed by atoms with Crippen molar-refractivity contribution in [1.82, 2.24) is 4.31 Å². The number of benzene rings is 1. The summed E-state index contributed by atoms with van der Waals surface area (Å²) in [5.41, 5.74) is 0.0864. The van der Waals surface area contributed by atoms with Crippen molar-refractivity contribution >= 4 is 56.9 Å². The minimum absolute atomic E-state index is 0.00560. The number of nitrogens with one attached hydrogen (secondary N) is 1. The van der Waals surface area contributed by atoms with Crippen LogP contribution in [0.4, 0.5) is 5.69 Å². The standard InChI is InChI=1S/C18H23ClN2O7S2/c19-13-6-5-12(30(27,28)21-7-3-1-2-4-8-21)9-14(13)20-16(22)11-29-15(18(25)26)10-17(23)24/h5-6,9,15H,1-4,7-8,10-11H2,(H,20,22)(H,23,24)(H,25,26). The van der Waals surface area contributed by atoms with Crippen LogP contribution >= 0.6 is 23.4 Å². The zero-order valence-corrected chi connectivity index (χ0v) is 18.4. The van der Waals surface area contributed by atoms with Gasteiger partial charge in [-0.1, -0.05) is 24.4 Å². The monoisotopic (exact) mass is 478 g/mol. The van der Waals surface area contributed by atoms with Crippen LogP contribution in [-0.4, -0.2) is 64.9 Å². The lowest BCUT2D eigenvalue weighted by Gasteiger charge is -2.20. The molecule has 9 nitrogen and oxygen atoms in total. The van der Waals surface area contributed by atoms with Crippen molar-refractivity contribution in [2.24, 2.45) is 0 Å². The van der Waals surface area contributed by atoms with Crippen molar-refractivity contribution in [1.29, 1.82) is 0 Å². The van der Waals surface area contributed by atoms with E-state index in [1.165, 1.54) is 22.5 Å². The number of hydrogen-bond donors (Lipinski definition) is 3. The molecule has 0 aliphatic carbocycles. The van der Waals surface area contributed by atoms with Crippen LogP contribution in [0.5, 0.6) is 0 Å².